The number of aromatic nitrogens is 1. The summed E-state index contributed by atoms with van der Waals surface area (Å²) in [5.41, 5.74) is 0.987. The van der Waals surface area contributed by atoms with Crippen LogP contribution in [0.15, 0.2) is 28.9 Å². The van der Waals surface area contributed by atoms with Crippen LogP contribution in [-0.4, -0.2) is 4.98 Å². The molecule has 0 aliphatic carbocycles. The predicted molar refractivity (Wildman–Crippen MR) is 51.0 cm³/mol. The molecule has 1 aromatic heterocycles. The van der Waals surface area contributed by atoms with Gasteiger partial charge >= 0.3 is 0 Å². The fourth-order valence-electron chi connectivity index (χ4n) is 1.08. The molecule has 0 aliphatic rings. The third kappa shape index (κ3) is 1.06. The predicted octanol–water partition coefficient (Wildman–Crippen LogP) is 3.58. The summed E-state index contributed by atoms with van der Waals surface area (Å²) < 4.78 is 1.05. The second-order valence-corrected chi connectivity index (χ2v) is 3.56. The molecular weight excluding hydrogens is 225 g/mol. The average Bonchev–Trinajstić information content (AvgIpc) is 2.35. The van der Waals surface area contributed by atoms with E-state index in [0.29, 0.717) is 0 Å². The van der Waals surface area contributed by atoms with Crippen molar-refractivity contribution in [2.24, 2.45) is 0 Å². The van der Waals surface area contributed by atoms with Gasteiger partial charge in [0, 0.05) is 16.1 Å². The van der Waals surface area contributed by atoms with Crippen molar-refractivity contribution in [2.75, 3.05) is 0 Å². The highest BCUT2D eigenvalue weighted by Crippen LogP contribution is 2.27. The molecule has 0 saturated heterocycles. The normalized spacial score (nSPS) is 10.7. The first-order valence-electron chi connectivity index (χ1n) is 3.20. The Labute approximate surface area is 77.5 Å². The van der Waals surface area contributed by atoms with Gasteiger partial charge in [-0.25, -0.2) is 0 Å². The topological polar surface area (TPSA) is 15.8 Å². The van der Waals surface area contributed by atoms with Crippen LogP contribution in [0.3, 0.4) is 0 Å². The van der Waals surface area contributed by atoms with E-state index in [1.54, 1.807) is 0 Å². The van der Waals surface area contributed by atoms with Gasteiger partial charge in [0.25, 0.3) is 0 Å². The van der Waals surface area contributed by atoms with Gasteiger partial charge in [0.2, 0.25) is 0 Å². The number of fused-ring (bicyclic) bond motifs is 1. The van der Waals surface area contributed by atoms with Crippen molar-refractivity contribution in [2.45, 2.75) is 0 Å². The molecule has 0 atom stereocenters. The molecule has 0 bridgehead atoms. The van der Waals surface area contributed by atoms with Gasteiger partial charge in [-0.3, -0.25) is 0 Å². The van der Waals surface area contributed by atoms with E-state index in [-0.39, 0.29) is 0 Å². The minimum absolute atomic E-state index is 0.758. The molecule has 2 aromatic rings. The average molecular weight is 230 g/mol. The first kappa shape index (κ1) is 7.19. The fraction of sp³-hybridized carbons (Fsp3) is 0. The van der Waals surface area contributed by atoms with E-state index in [9.17, 15) is 0 Å². The van der Waals surface area contributed by atoms with Crippen LogP contribution in [0.4, 0.5) is 0 Å². The first-order chi connectivity index (χ1) is 5.29. The number of para-hydroxylation sites is 1. The van der Waals surface area contributed by atoms with Crippen molar-refractivity contribution in [1.29, 1.82) is 0 Å². The van der Waals surface area contributed by atoms with E-state index in [2.05, 4.69) is 20.9 Å². The molecule has 0 amide bonds. The van der Waals surface area contributed by atoms with E-state index in [1.807, 2.05) is 24.4 Å². The number of rotatable bonds is 0. The zero-order valence-corrected chi connectivity index (χ0v) is 7.91. The highest BCUT2D eigenvalue weighted by molar-refractivity contribution is 9.10. The van der Waals surface area contributed by atoms with Crippen LogP contribution in [0.5, 0.6) is 0 Å². The highest BCUT2D eigenvalue weighted by atomic mass is 79.9. The van der Waals surface area contributed by atoms with Crippen LogP contribution in [0, 0.1) is 0 Å². The smallest absolute Gasteiger partial charge is 0.0655 e. The van der Waals surface area contributed by atoms with Crippen molar-refractivity contribution < 1.29 is 0 Å². The molecule has 3 heteroatoms. The maximum Gasteiger partial charge on any atom is 0.0655 e. The summed E-state index contributed by atoms with van der Waals surface area (Å²) in [7, 11) is 0. The van der Waals surface area contributed by atoms with Crippen LogP contribution >= 0.6 is 27.5 Å². The third-order valence-corrected chi connectivity index (χ3v) is 2.59. The first-order valence-corrected chi connectivity index (χ1v) is 4.37. The Kier molecular flexibility index (Phi) is 1.66. The maximum atomic E-state index is 5.92. The molecule has 0 unspecified atom stereocenters. The van der Waals surface area contributed by atoms with E-state index in [4.69, 9.17) is 11.6 Å². The van der Waals surface area contributed by atoms with Gasteiger partial charge in [0.05, 0.1) is 10.5 Å². The SMILES string of the molecule is Clc1cccc2c(Br)c[nH]c12. The van der Waals surface area contributed by atoms with E-state index >= 15 is 0 Å². The quantitative estimate of drug-likeness (QED) is 0.712. The van der Waals surface area contributed by atoms with Crippen LogP contribution < -0.4 is 0 Å². The molecule has 0 fully saturated rings. The van der Waals surface area contributed by atoms with Gasteiger partial charge in [-0.05, 0) is 22.0 Å². The summed E-state index contributed by atoms with van der Waals surface area (Å²) in [5.74, 6) is 0. The van der Waals surface area contributed by atoms with Crippen molar-refractivity contribution in [1.82, 2.24) is 4.98 Å². The number of hydrogen-bond acceptors (Lipinski definition) is 0. The minimum Gasteiger partial charge on any atom is -0.359 e. The van der Waals surface area contributed by atoms with Gasteiger partial charge in [-0.15, -0.1) is 0 Å². The van der Waals surface area contributed by atoms with Crippen LogP contribution in [0.1, 0.15) is 0 Å². The second kappa shape index (κ2) is 2.54. The molecule has 0 aliphatic heterocycles. The van der Waals surface area contributed by atoms with Gasteiger partial charge < -0.3 is 4.98 Å². The van der Waals surface area contributed by atoms with E-state index in [0.717, 1.165) is 20.4 Å². The summed E-state index contributed by atoms with van der Waals surface area (Å²) in [6, 6.07) is 5.82. The molecule has 0 radical (unpaired) electrons. The third-order valence-electron chi connectivity index (χ3n) is 1.61. The molecule has 1 nitrogen and oxygen atoms in total. The minimum atomic E-state index is 0.758. The highest BCUT2D eigenvalue weighted by Gasteiger charge is 2.01. The Morgan fingerprint density at radius 2 is 2.18 bits per heavy atom. The number of benzene rings is 1. The van der Waals surface area contributed by atoms with E-state index in [1.165, 1.54) is 0 Å². The lowest BCUT2D eigenvalue weighted by atomic mass is 10.2. The summed E-state index contributed by atoms with van der Waals surface area (Å²) in [5, 5.41) is 1.88. The standard InChI is InChI=1S/C8H5BrClN/c9-6-4-11-8-5(6)2-1-3-7(8)10/h1-4,11H. The summed E-state index contributed by atoms with van der Waals surface area (Å²) >= 11 is 9.33. The summed E-state index contributed by atoms with van der Waals surface area (Å²) in [6.07, 6.45) is 1.89. The van der Waals surface area contributed by atoms with Crippen molar-refractivity contribution in [3.8, 4) is 0 Å². The lowest BCUT2D eigenvalue weighted by molar-refractivity contribution is 1.47. The molecule has 0 spiro atoms. The number of nitrogens with one attached hydrogen (secondary N) is 1. The maximum absolute atomic E-state index is 5.92. The van der Waals surface area contributed by atoms with Gasteiger partial charge in [0.1, 0.15) is 0 Å². The molecular formula is C8H5BrClN. The molecule has 1 heterocycles. The molecule has 56 valence electrons. The monoisotopic (exact) mass is 229 g/mol. The Balaban J connectivity index is 2.94. The van der Waals surface area contributed by atoms with Gasteiger partial charge in [0.15, 0.2) is 0 Å². The summed E-state index contributed by atoms with van der Waals surface area (Å²) in [4.78, 5) is 3.08. The molecule has 1 aromatic carbocycles. The number of halogens is 2. The van der Waals surface area contributed by atoms with Gasteiger partial charge in [-0.2, -0.15) is 0 Å². The lowest BCUT2D eigenvalue weighted by Crippen LogP contribution is -1.68. The number of H-pyrrole nitrogens is 1. The van der Waals surface area contributed by atoms with Crippen LogP contribution in [0.2, 0.25) is 5.02 Å². The Morgan fingerprint density at radius 3 is 2.91 bits per heavy atom. The second-order valence-electron chi connectivity index (χ2n) is 2.30. The van der Waals surface area contributed by atoms with Crippen LogP contribution in [-0.2, 0) is 0 Å². The zero-order valence-electron chi connectivity index (χ0n) is 5.57. The zero-order chi connectivity index (χ0) is 7.84. The Hall–Kier alpha value is -0.470. The molecule has 2 rings (SSSR count). The lowest BCUT2D eigenvalue weighted by Gasteiger charge is -1.91. The number of aromatic amines is 1. The molecule has 0 saturated carbocycles. The number of hydrogen-bond donors (Lipinski definition) is 1. The van der Waals surface area contributed by atoms with E-state index < -0.39 is 0 Å². The molecule has 1 N–H and O–H groups in total. The molecule has 11 heavy (non-hydrogen) atoms. The van der Waals surface area contributed by atoms with Gasteiger partial charge in [-0.1, -0.05) is 23.7 Å². The van der Waals surface area contributed by atoms with Crippen molar-refractivity contribution >= 4 is 38.4 Å². The Morgan fingerprint density at radius 1 is 1.36 bits per heavy atom. The largest absolute Gasteiger partial charge is 0.359 e. The van der Waals surface area contributed by atoms with Crippen molar-refractivity contribution in [3.63, 3.8) is 0 Å². The van der Waals surface area contributed by atoms with Crippen LogP contribution in [0.25, 0.3) is 10.9 Å². The fourth-order valence-corrected chi connectivity index (χ4v) is 1.76. The summed E-state index contributed by atoms with van der Waals surface area (Å²) in [6.45, 7) is 0. The Bertz CT molecular complexity index is 394. The van der Waals surface area contributed by atoms with Crippen molar-refractivity contribution in [3.05, 3.63) is 33.9 Å².